The lowest BCUT2D eigenvalue weighted by atomic mass is 9.93. The summed E-state index contributed by atoms with van der Waals surface area (Å²) in [6.07, 6.45) is 7.76. The summed E-state index contributed by atoms with van der Waals surface area (Å²) < 4.78 is 0. The molecule has 0 amide bonds. The minimum Gasteiger partial charge on any atom is -0.315 e. The van der Waals surface area contributed by atoms with Gasteiger partial charge >= 0.3 is 0 Å². The Hall–Kier alpha value is -0.380. The Morgan fingerprint density at radius 1 is 1.16 bits per heavy atom. The van der Waals surface area contributed by atoms with Gasteiger partial charge in [-0.1, -0.05) is 12.2 Å². The first-order chi connectivity index (χ1) is 9.22. The highest BCUT2D eigenvalue weighted by Crippen LogP contribution is 2.42. The quantitative estimate of drug-likeness (QED) is 0.757. The molecule has 108 valence electrons. The second-order valence-electron chi connectivity index (χ2n) is 6.89. The maximum atomic E-state index is 3.73. The molecule has 2 bridgehead atoms. The molecule has 19 heavy (non-hydrogen) atoms. The summed E-state index contributed by atoms with van der Waals surface area (Å²) in [5.74, 6) is 2.71. The molecule has 0 aromatic heterocycles. The number of hydrogen-bond acceptors (Lipinski definition) is 3. The van der Waals surface area contributed by atoms with E-state index in [9.17, 15) is 0 Å². The van der Waals surface area contributed by atoms with Crippen LogP contribution < -0.4 is 5.32 Å². The van der Waals surface area contributed by atoms with Crippen molar-refractivity contribution in [1.82, 2.24) is 15.1 Å². The minimum atomic E-state index is 0.683. The van der Waals surface area contributed by atoms with E-state index in [0.717, 1.165) is 24.3 Å². The Kier molecular flexibility index (Phi) is 4.25. The van der Waals surface area contributed by atoms with Crippen molar-refractivity contribution in [2.75, 3.05) is 46.3 Å². The van der Waals surface area contributed by atoms with Gasteiger partial charge in [0.2, 0.25) is 0 Å². The minimum absolute atomic E-state index is 0.683. The van der Waals surface area contributed by atoms with Crippen molar-refractivity contribution >= 4 is 0 Å². The van der Waals surface area contributed by atoms with Gasteiger partial charge in [0.1, 0.15) is 0 Å². The molecule has 0 aromatic rings. The van der Waals surface area contributed by atoms with Crippen LogP contribution in [0, 0.1) is 17.8 Å². The standard InChI is InChI=1S/C16H29N3/c1-13(19-7-5-18(2)6-8-19)11-17-12-16-10-14-3-4-15(16)9-14/h3-4,13-17H,5-12H2,1-2H3. The van der Waals surface area contributed by atoms with Crippen LogP contribution in [-0.4, -0.2) is 62.2 Å². The van der Waals surface area contributed by atoms with Gasteiger partial charge in [0.25, 0.3) is 0 Å². The lowest BCUT2D eigenvalue weighted by Crippen LogP contribution is -2.51. The van der Waals surface area contributed by atoms with Crippen LogP contribution in [0.1, 0.15) is 19.8 Å². The monoisotopic (exact) mass is 263 g/mol. The number of allylic oxidation sites excluding steroid dienone is 2. The fraction of sp³-hybridized carbons (Fsp3) is 0.875. The molecule has 4 atom stereocenters. The summed E-state index contributed by atoms with van der Waals surface area (Å²) >= 11 is 0. The Labute approximate surface area is 118 Å². The molecule has 1 heterocycles. The number of piperazine rings is 1. The number of hydrogen-bond donors (Lipinski definition) is 1. The van der Waals surface area contributed by atoms with Crippen molar-refractivity contribution in [3.63, 3.8) is 0 Å². The van der Waals surface area contributed by atoms with Crippen LogP contribution in [0.15, 0.2) is 12.2 Å². The van der Waals surface area contributed by atoms with Gasteiger partial charge in [-0.25, -0.2) is 0 Å². The van der Waals surface area contributed by atoms with E-state index in [0.29, 0.717) is 6.04 Å². The number of nitrogens with zero attached hydrogens (tertiary/aromatic N) is 2. The smallest absolute Gasteiger partial charge is 0.0193 e. The lowest BCUT2D eigenvalue weighted by Gasteiger charge is -2.36. The summed E-state index contributed by atoms with van der Waals surface area (Å²) in [4.78, 5) is 5.06. The van der Waals surface area contributed by atoms with E-state index in [4.69, 9.17) is 0 Å². The molecule has 0 spiro atoms. The first-order valence-corrected chi connectivity index (χ1v) is 8.04. The SMILES string of the molecule is CC(CNCC1CC2C=CC1C2)N1CCN(C)CC1. The zero-order chi connectivity index (χ0) is 13.2. The van der Waals surface area contributed by atoms with Crippen molar-refractivity contribution in [3.8, 4) is 0 Å². The van der Waals surface area contributed by atoms with E-state index in [2.05, 4.69) is 41.2 Å². The third-order valence-corrected chi connectivity index (χ3v) is 5.42. The molecule has 1 N–H and O–H groups in total. The highest BCUT2D eigenvalue weighted by molar-refractivity contribution is 5.10. The zero-order valence-corrected chi connectivity index (χ0v) is 12.5. The second-order valence-corrected chi connectivity index (χ2v) is 6.89. The third-order valence-electron chi connectivity index (χ3n) is 5.42. The van der Waals surface area contributed by atoms with Crippen molar-refractivity contribution in [2.45, 2.75) is 25.8 Å². The summed E-state index contributed by atoms with van der Waals surface area (Å²) in [7, 11) is 2.23. The summed E-state index contributed by atoms with van der Waals surface area (Å²) in [5.41, 5.74) is 0. The van der Waals surface area contributed by atoms with E-state index in [-0.39, 0.29) is 0 Å². The van der Waals surface area contributed by atoms with Crippen molar-refractivity contribution in [2.24, 2.45) is 17.8 Å². The maximum Gasteiger partial charge on any atom is 0.0193 e. The van der Waals surface area contributed by atoms with Crippen LogP contribution >= 0.6 is 0 Å². The number of rotatable bonds is 5. The van der Waals surface area contributed by atoms with Crippen LogP contribution in [0.3, 0.4) is 0 Å². The Morgan fingerprint density at radius 2 is 1.95 bits per heavy atom. The second kappa shape index (κ2) is 5.94. The first kappa shape index (κ1) is 13.6. The third kappa shape index (κ3) is 3.21. The van der Waals surface area contributed by atoms with Gasteiger partial charge < -0.3 is 10.2 Å². The molecule has 0 aromatic carbocycles. The molecule has 1 saturated heterocycles. The molecule has 1 saturated carbocycles. The molecule has 4 unspecified atom stereocenters. The van der Waals surface area contributed by atoms with E-state index in [1.54, 1.807) is 0 Å². The average molecular weight is 263 g/mol. The molecule has 3 heteroatoms. The predicted molar refractivity (Wildman–Crippen MR) is 80.2 cm³/mol. The fourth-order valence-corrected chi connectivity index (χ4v) is 4.00. The van der Waals surface area contributed by atoms with Crippen LogP contribution in [-0.2, 0) is 0 Å². The largest absolute Gasteiger partial charge is 0.315 e. The van der Waals surface area contributed by atoms with Gasteiger partial charge in [-0.05, 0) is 51.1 Å². The van der Waals surface area contributed by atoms with Gasteiger partial charge in [0.05, 0.1) is 0 Å². The highest BCUT2D eigenvalue weighted by atomic mass is 15.3. The average Bonchev–Trinajstić information content (AvgIpc) is 3.02. The first-order valence-electron chi connectivity index (χ1n) is 8.04. The number of fused-ring (bicyclic) bond motifs is 2. The molecule has 3 rings (SSSR count). The molecular formula is C16H29N3. The zero-order valence-electron chi connectivity index (χ0n) is 12.5. The molecule has 2 fully saturated rings. The molecule has 3 aliphatic rings. The summed E-state index contributed by atoms with van der Waals surface area (Å²) in [6, 6.07) is 0.683. The Morgan fingerprint density at radius 3 is 2.58 bits per heavy atom. The van der Waals surface area contributed by atoms with Crippen LogP contribution in [0.2, 0.25) is 0 Å². The number of nitrogens with one attached hydrogen (secondary N) is 1. The van der Waals surface area contributed by atoms with E-state index >= 15 is 0 Å². The summed E-state index contributed by atoms with van der Waals surface area (Å²) in [5, 5.41) is 3.73. The van der Waals surface area contributed by atoms with Crippen LogP contribution in [0.4, 0.5) is 0 Å². The van der Waals surface area contributed by atoms with E-state index < -0.39 is 0 Å². The maximum absolute atomic E-state index is 3.73. The normalized spacial score (nSPS) is 37.1. The summed E-state index contributed by atoms with van der Waals surface area (Å²) in [6.45, 7) is 9.67. The molecular weight excluding hydrogens is 234 g/mol. The van der Waals surface area contributed by atoms with Gasteiger partial charge in [0, 0.05) is 38.8 Å². The van der Waals surface area contributed by atoms with Crippen molar-refractivity contribution in [3.05, 3.63) is 12.2 Å². The Balaban J connectivity index is 1.34. The fourth-order valence-electron chi connectivity index (χ4n) is 4.00. The molecule has 0 radical (unpaired) electrons. The predicted octanol–water partition coefficient (Wildman–Crippen LogP) is 1.42. The molecule has 2 aliphatic carbocycles. The van der Waals surface area contributed by atoms with E-state index in [1.165, 1.54) is 45.6 Å². The lowest BCUT2D eigenvalue weighted by molar-refractivity contribution is 0.117. The number of likely N-dealkylation sites (N-methyl/N-ethyl adjacent to an activating group) is 1. The van der Waals surface area contributed by atoms with Gasteiger partial charge in [0.15, 0.2) is 0 Å². The van der Waals surface area contributed by atoms with E-state index in [1.807, 2.05) is 0 Å². The van der Waals surface area contributed by atoms with Crippen LogP contribution in [0.5, 0.6) is 0 Å². The van der Waals surface area contributed by atoms with Crippen molar-refractivity contribution in [1.29, 1.82) is 0 Å². The molecule has 1 aliphatic heterocycles. The van der Waals surface area contributed by atoms with Crippen molar-refractivity contribution < 1.29 is 0 Å². The van der Waals surface area contributed by atoms with Gasteiger partial charge in [-0.3, -0.25) is 4.90 Å². The van der Waals surface area contributed by atoms with Gasteiger partial charge in [-0.15, -0.1) is 0 Å². The topological polar surface area (TPSA) is 18.5 Å². The van der Waals surface area contributed by atoms with Gasteiger partial charge in [-0.2, -0.15) is 0 Å². The van der Waals surface area contributed by atoms with Crippen LogP contribution in [0.25, 0.3) is 0 Å². The highest BCUT2D eigenvalue weighted by Gasteiger charge is 2.35. The molecule has 3 nitrogen and oxygen atoms in total. The Bertz CT molecular complexity index is 320.